The molecule has 130 valence electrons. The van der Waals surface area contributed by atoms with E-state index >= 15 is 0 Å². The summed E-state index contributed by atoms with van der Waals surface area (Å²) in [6.07, 6.45) is 10.0. The molecule has 0 heterocycles. The number of hydrogen-bond donors (Lipinski definition) is 2. The van der Waals surface area contributed by atoms with Gasteiger partial charge < -0.3 is 15.4 Å². The maximum Gasteiger partial charge on any atom is 0.191 e. The summed E-state index contributed by atoms with van der Waals surface area (Å²) < 4.78 is 5.91. The highest BCUT2D eigenvalue weighted by Crippen LogP contribution is 2.20. The normalized spacial score (nSPS) is 16.0. The van der Waals surface area contributed by atoms with E-state index in [4.69, 9.17) is 4.74 Å². The van der Waals surface area contributed by atoms with Gasteiger partial charge in [-0.3, -0.25) is 4.99 Å². The molecule has 6 heteroatoms. The Morgan fingerprint density at radius 2 is 2.00 bits per heavy atom. The Hall–Kier alpha value is 0.0500. The van der Waals surface area contributed by atoms with E-state index in [9.17, 15) is 0 Å². The summed E-state index contributed by atoms with van der Waals surface area (Å²) >= 11 is 1.87. The average molecular weight is 441 g/mol. The van der Waals surface area contributed by atoms with E-state index < -0.39 is 0 Å². The molecule has 0 bridgehead atoms. The SMILES string of the molecule is C=CCSCCNC(=NC)NCCCOC1CCCCC1.I. The van der Waals surface area contributed by atoms with Crippen LogP contribution >= 0.6 is 35.7 Å². The Labute approximate surface area is 157 Å². The van der Waals surface area contributed by atoms with Gasteiger partial charge in [0.2, 0.25) is 0 Å². The molecule has 0 amide bonds. The van der Waals surface area contributed by atoms with Crippen molar-refractivity contribution < 1.29 is 4.74 Å². The van der Waals surface area contributed by atoms with E-state index in [1.807, 2.05) is 24.9 Å². The summed E-state index contributed by atoms with van der Waals surface area (Å²) in [5.74, 6) is 2.95. The van der Waals surface area contributed by atoms with Gasteiger partial charge in [-0.25, -0.2) is 0 Å². The summed E-state index contributed by atoms with van der Waals surface area (Å²) in [5.41, 5.74) is 0. The van der Waals surface area contributed by atoms with E-state index in [0.29, 0.717) is 6.10 Å². The van der Waals surface area contributed by atoms with Crippen LogP contribution in [0.1, 0.15) is 38.5 Å². The first-order valence-electron chi connectivity index (χ1n) is 8.11. The molecule has 4 nitrogen and oxygen atoms in total. The van der Waals surface area contributed by atoms with E-state index in [1.54, 1.807) is 0 Å². The van der Waals surface area contributed by atoms with Crippen LogP contribution in [0.25, 0.3) is 0 Å². The number of nitrogens with zero attached hydrogens (tertiary/aromatic N) is 1. The molecule has 1 rings (SSSR count). The highest BCUT2D eigenvalue weighted by molar-refractivity contribution is 14.0. The first-order chi connectivity index (χ1) is 10.4. The number of guanidine groups is 1. The Balaban J connectivity index is 0.00000441. The lowest BCUT2D eigenvalue weighted by Gasteiger charge is -2.22. The molecular weight excluding hydrogens is 409 g/mol. The molecule has 1 aliphatic rings. The van der Waals surface area contributed by atoms with Gasteiger partial charge in [0, 0.05) is 38.2 Å². The molecule has 0 aromatic rings. The summed E-state index contributed by atoms with van der Waals surface area (Å²) in [6, 6.07) is 0. The fourth-order valence-electron chi connectivity index (χ4n) is 2.39. The molecule has 0 radical (unpaired) electrons. The van der Waals surface area contributed by atoms with Crippen LogP contribution in [0.4, 0.5) is 0 Å². The number of ether oxygens (including phenoxy) is 1. The van der Waals surface area contributed by atoms with Crippen molar-refractivity contribution in [3.05, 3.63) is 12.7 Å². The first kappa shape index (κ1) is 22.1. The van der Waals surface area contributed by atoms with Crippen molar-refractivity contribution in [3.8, 4) is 0 Å². The Morgan fingerprint density at radius 3 is 2.68 bits per heavy atom. The second kappa shape index (κ2) is 15.9. The molecule has 1 fully saturated rings. The van der Waals surface area contributed by atoms with Crippen molar-refractivity contribution in [2.45, 2.75) is 44.6 Å². The zero-order valence-corrected chi connectivity index (χ0v) is 17.0. The van der Waals surface area contributed by atoms with Gasteiger partial charge >= 0.3 is 0 Å². The van der Waals surface area contributed by atoms with Crippen molar-refractivity contribution >= 4 is 41.7 Å². The Kier molecular flexibility index (Phi) is 16.0. The minimum atomic E-state index is 0. The minimum absolute atomic E-state index is 0. The zero-order valence-electron chi connectivity index (χ0n) is 13.8. The number of nitrogens with one attached hydrogen (secondary N) is 2. The number of hydrogen-bond acceptors (Lipinski definition) is 3. The number of thioether (sulfide) groups is 1. The topological polar surface area (TPSA) is 45.7 Å². The van der Waals surface area contributed by atoms with E-state index in [-0.39, 0.29) is 24.0 Å². The fourth-order valence-corrected chi connectivity index (χ4v) is 2.97. The Morgan fingerprint density at radius 1 is 1.27 bits per heavy atom. The van der Waals surface area contributed by atoms with Crippen LogP contribution in [0.3, 0.4) is 0 Å². The molecular formula is C16H32IN3OS. The van der Waals surface area contributed by atoms with Crippen molar-refractivity contribution in [3.63, 3.8) is 0 Å². The van der Waals surface area contributed by atoms with Crippen molar-refractivity contribution in [2.75, 3.05) is 38.2 Å². The van der Waals surface area contributed by atoms with Gasteiger partial charge in [0.25, 0.3) is 0 Å². The number of aliphatic imine (C=N–C) groups is 1. The van der Waals surface area contributed by atoms with E-state index in [2.05, 4.69) is 22.2 Å². The van der Waals surface area contributed by atoms with Crippen LogP contribution in [0.5, 0.6) is 0 Å². The Bertz CT molecular complexity index is 297. The van der Waals surface area contributed by atoms with Gasteiger partial charge in [0.15, 0.2) is 5.96 Å². The standard InChI is InChI=1S/C16H31N3OS.HI/c1-3-13-21-14-11-19-16(17-2)18-10-7-12-20-15-8-5-4-6-9-15;/h3,15H,1,4-14H2,2H3,(H2,17,18,19);1H. The molecule has 0 spiro atoms. The van der Waals surface area contributed by atoms with Gasteiger partial charge in [-0.1, -0.05) is 25.3 Å². The van der Waals surface area contributed by atoms with Crippen molar-refractivity contribution in [1.29, 1.82) is 0 Å². The monoisotopic (exact) mass is 441 g/mol. The molecule has 2 N–H and O–H groups in total. The summed E-state index contributed by atoms with van der Waals surface area (Å²) in [4.78, 5) is 4.22. The number of rotatable bonds is 10. The molecule has 0 atom stereocenters. The lowest BCUT2D eigenvalue weighted by molar-refractivity contribution is 0.0277. The van der Waals surface area contributed by atoms with Gasteiger partial charge in [-0.05, 0) is 19.3 Å². The molecule has 0 aromatic carbocycles. The van der Waals surface area contributed by atoms with Crippen LogP contribution in [-0.4, -0.2) is 50.3 Å². The van der Waals surface area contributed by atoms with Gasteiger partial charge in [-0.15, -0.1) is 30.6 Å². The molecule has 0 unspecified atom stereocenters. The summed E-state index contributed by atoms with van der Waals surface area (Å²) in [5, 5.41) is 6.64. The molecule has 0 aliphatic heterocycles. The van der Waals surface area contributed by atoms with Crippen molar-refractivity contribution in [1.82, 2.24) is 10.6 Å². The third kappa shape index (κ3) is 11.6. The lowest BCUT2D eigenvalue weighted by Crippen LogP contribution is -2.39. The third-order valence-electron chi connectivity index (χ3n) is 3.52. The van der Waals surface area contributed by atoms with Gasteiger partial charge in [-0.2, -0.15) is 11.8 Å². The quantitative estimate of drug-likeness (QED) is 0.179. The van der Waals surface area contributed by atoms with Gasteiger partial charge in [0.1, 0.15) is 0 Å². The summed E-state index contributed by atoms with van der Waals surface area (Å²) in [6.45, 7) is 6.40. The summed E-state index contributed by atoms with van der Waals surface area (Å²) in [7, 11) is 1.81. The fraction of sp³-hybridized carbons (Fsp3) is 0.812. The predicted molar refractivity (Wildman–Crippen MR) is 110 cm³/mol. The van der Waals surface area contributed by atoms with E-state index in [1.165, 1.54) is 32.1 Å². The minimum Gasteiger partial charge on any atom is -0.378 e. The molecule has 22 heavy (non-hydrogen) atoms. The van der Waals surface area contributed by atoms with Crippen LogP contribution in [-0.2, 0) is 4.74 Å². The average Bonchev–Trinajstić information content (AvgIpc) is 2.53. The molecule has 0 saturated heterocycles. The van der Waals surface area contributed by atoms with Gasteiger partial charge in [0.05, 0.1) is 6.10 Å². The maximum absolute atomic E-state index is 5.91. The molecule has 1 aliphatic carbocycles. The number of halogens is 1. The van der Waals surface area contributed by atoms with Crippen LogP contribution in [0, 0.1) is 0 Å². The predicted octanol–water partition coefficient (Wildman–Crippen LogP) is 3.43. The van der Waals surface area contributed by atoms with Crippen LogP contribution in [0.2, 0.25) is 0 Å². The second-order valence-corrected chi connectivity index (χ2v) is 6.42. The largest absolute Gasteiger partial charge is 0.378 e. The lowest BCUT2D eigenvalue weighted by atomic mass is 9.98. The zero-order chi connectivity index (χ0) is 15.2. The second-order valence-electron chi connectivity index (χ2n) is 5.27. The van der Waals surface area contributed by atoms with E-state index in [0.717, 1.165) is 43.6 Å². The smallest absolute Gasteiger partial charge is 0.191 e. The van der Waals surface area contributed by atoms with Crippen LogP contribution in [0.15, 0.2) is 17.6 Å². The first-order valence-corrected chi connectivity index (χ1v) is 9.27. The van der Waals surface area contributed by atoms with Crippen molar-refractivity contribution in [2.24, 2.45) is 4.99 Å². The molecule has 1 saturated carbocycles. The van der Waals surface area contributed by atoms with Crippen LogP contribution < -0.4 is 10.6 Å². The highest BCUT2D eigenvalue weighted by atomic mass is 127. The highest BCUT2D eigenvalue weighted by Gasteiger charge is 2.12. The molecule has 0 aromatic heterocycles. The third-order valence-corrected chi connectivity index (χ3v) is 4.48. The maximum atomic E-state index is 5.91.